The molecule has 3 aromatic rings. The van der Waals surface area contributed by atoms with Gasteiger partial charge in [0.05, 0.1) is 5.39 Å². The Labute approximate surface area is 168 Å². The molecule has 2 aliphatic rings. The molecule has 0 amide bonds. The zero-order chi connectivity index (χ0) is 20.0. The quantitative estimate of drug-likeness (QED) is 0.697. The van der Waals surface area contributed by atoms with E-state index in [9.17, 15) is 5.11 Å². The second-order valence-electron chi connectivity index (χ2n) is 7.67. The lowest BCUT2D eigenvalue weighted by molar-refractivity contribution is 0.321. The molecule has 2 aliphatic heterocycles. The van der Waals surface area contributed by atoms with Crippen molar-refractivity contribution in [2.45, 2.75) is 25.9 Å². The van der Waals surface area contributed by atoms with E-state index in [4.69, 9.17) is 4.42 Å². The topological polar surface area (TPSA) is 86.2 Å². The lowest BCUT2D eigenvalue weighted by Crippen LogP contribution is -2.29. The molecule has 2 N–H and O–H groups in total. The fourth-order valence-corrected chi connectivity index (χ4v) is 4.11. The van der Waals surface area contributed by atoms with Crippen LogP contribution in [0.3, 0.4) is 0 Å². The first kappa shape index (κ1) is 18.0. The van der Waals surface area contributed by atoms with Crippen LogP contribution in [0.5, 0.6) is 5.75 Å². The number of aromatic nitrogens is 1. The molecular weight excluding hydrogens is 366 g/mol. The first-order valence-corrected chi connectivity index (χ1v) is 9.86. The van der Waals surface area contributed by atoms with Crippen LogP contribution in [0.15, 0.2) is 45.1 Å². The second-order valence-corrected chi connectivity index (χ2v) is 7.67. The Kier molecular flexibility index (Phi) is 4.41. The molecule has 2 aromatic heterocycles. The molecule has 0 spiro atoms. The SMILES string of the molecule is CN[C@H]1CCN(Cc2c(C)ccc3c(O)c(C=C4N=Nc5ncccc54)oc23)C1. The molecule has 0 radical (unpaired) electrons. The molecule has 1 aromatic carbocycles. The standard InChI is InChI=1S/C22H23N5O2/c1-13-5-6-16-20(28)19(10-18-15-4-3-8-24-22(15)26-25-18)29-21(16)17(13)12-27-9-7-14(11-27)23-2/h3-6,8,10,14,23,28H,7,9,11-12H2,1-2H3/t14-/m0/s1. The van der Waals surface area contributed by atoms with Crippen LogP contribution in [0.4, 0.5) is 5.82 Å². The van der Waals surface area contributed by atoms with Crippen LogP contribution in [0.1, 0.15) is 28.9 Å². The van der Waals surface area contributed by atoms with Crippen LogP contribution in [0.25, 0.3) is 22.7 Å². The molecule has 1 saturated heterocycles. The molecule has 1 atom stereocenters. The highest BCUT2D eigenvalue weighted by molar-refractivity contribution is 5.94. The molecule has 148 valence electrons. The van der Waals surface area contributed by atoms with Gasteiger partial charge in [0.2, 0.25) is 0 Å². The van der Waals surface area contributed by atoms with E-state index in [-0.39, 0.29) is 5.75 Å². The fraction of sp³-hybridized carbons (Fsp3) is 0.318. The third kappa shape index (κ3) is 3.12. The van der Waals surface area contributed by atoms with Crippen LogP contribution in [0.2, 0.25) is 0 Å². The molecule has 7 nitrogen and oxygen atoms in total. The largest absolute Gasteiger partial charge is 0.504 e. The van der Waals surface area contributed by atoms with Crippen molar-refractivity contribution >= 4 is 28.6 Å². The zero-order valence-corrected chi connectivity index (χ0v) is 16.5. The van der Waals surface area contributed by atoms with Gasteiger partial charge in [0.1, 0.15) is 11.3 Å². The average molecular weight is 389 g/mol. The molecular formula is C22H23N5O2. The van der Waals surface area contributed by atoms with Crippen molar-refractivity contribution in [3.63, 3.8) is 0 Å². The number of furan rings is 1. The summed E-state index contributed by atoms with van der Waals surface area (Å²) < 4.78 is 6.16. The highest BCUT2D eigenvalue weighted by atomic mass is 16.4. The lowest BCUT2D eigenvalue weighted by atomic mass is 10.0. The Morgan fingerprint density at radius 1 is 1.31 bits per heavy atom. The van der Waals surface area contributed by atoms with Gasteiger partial charge in [-0.05, 0) is 44.2 Å². The number of aromatic hydroxyl groups is 1. The summed E-state index contributed by atoms with van der Waals surface area (Å²) in [6, 6.07) is 8.25. The van der Waals surface area contributed by atoms with Crippen LogP contribution < -0.4 is 5.32 Å². The highest BCUT2D eigenvalue weighted by Crippen LogP contribution is 2.40. The number of rotatable bonds is 4. The van der Waals surface area contributed by atoms with Crippen LogP contribution in [-0.2, 0) is 6.54 Å². The maximum atomic E-state index is 10.8. The molecule has 0 saturated carbocycles. The number of hydrogen-bond acceptors (Lipinski definition) is 7. The third-order valence-electron chi connectivity index (χ3n) is 5.84. The van der Waals surface area contributed by atoms with Crippen molar-refractivity contribution in [3.8, 4) is 5.75 Å². The molecule has 4 heterocycles. The van der Waals surface area contributed by atoms with Crippen LogP contribution in [0, 0.1) is 6.92 Å². The van der Waals surface area contributed by atoms with Gasteiger partial charge in [-0.3, -0.25) is 4.90 Å². The summed E-state index contributed by atoms with van der Waals surface area (Å²) in [6.45, 7) is 4.96. The summed E-state index contributed by atoms with van der Waals surface area (Å²) in [4.78, 5) is 6.63. The van der Waals surface area contributed by atoms with Gasteiger partial charge < -0.3 is 14.8 Å². The second kappa shape index (κ2) is 7.09. The predicted molar refractivity (Wildman–Crippen MR) is 112 cm³/mol. The third-order valence-corrected chi connectivity index (χ3v) is 5.84. The van der Waals surface area contributed by atoms with E-state index in [0.717, 1.165) is 53.7 Å². The molecule has 0 unspecified atom stereocenters. The zero-order valence-electron chi connectivity index (χ0n) is 16.5. The molecule has 5 rings (SSSR count). The van der Waals surface area contributed by atoms with Crippen LogP contribution in [-0.4, -0.2) is 41.2 Å². The number of aryl methyl sites for hydroxylation is 1. The first-order valence-electron chi connectivity index (χ1n) is 9.86. The summed E-state index contributed by atoms with van der Waals surface area (Å²) in [6.07, 6.45) is 4.56. The van der Waals surface area contributed by atoms with E-state index in [1.54, 1.807) is 12.3 Å². The number of benzene rings is 1. The van der Waals surface area contributed by atoms with Crippen molar-refractivity contribution in [2.24, 2.45) is 10.2 Å². The van der Waals surface area contributed by atoms with E-state index < -0.39 is 0 Å². The van der Waals surface area contributed by atoms with Gasteiger partial charge in [-0.1, -0.05) is 6.07 Å². The molecule has 29 heavy (non-hydrogen) atoms. The van der Waals surface area contributed by atoms with E-state index in [0.29, 0.717) is 23.3 Å². The van der Waals surface area contributed by atoms with E-state index in [1.807, 2.05) is 31.3 Å². The van der Waals surface area contributed by atoms with E-state index in [2.05, 4.69) is 32.4 Å². The van der Waals surface area contributed by atoms with Gasteiger partial charge in [-0.25, -0.2) is 4.98 Å². The van der Waals surface area contributed by atoms with Gasteiger partial charge in [0.25, 0.3) is 0 Å². The Hall–Kier alpha value is -3.03. The van der Waals surface area contributed by atoms with Crippen molar-refractivity contribution < 1.29 is 9.52 Å². The van der Waals surface area contributed by atoms with E-state index in [1.165, 1.54) is 0 Å². The minimum Gasteiger partial charge on any atom is -0.504 e. The summed E-state index contributed by atoms with van der Waals surface area (Å²) in [5.74, 6) is 1.11. The van der Waals surface area contributed by atoms with Gasteiger partial charge in [-0.15, -0.1) is 10.2 Å². The minimum absolute atomic E-state index is 0.135. The van der Waals surface area contributed by atoms with Gasteiger partial charge in [0, 0.05) is 49.1 Å². The minimum atomic E-state index is 0.135. The van der Waals surface area contributed by atoms with Crippen molar-refractivity contribution in [3.05, 3.63) is 52.9 Å². The summed E-state index contributed by atoms with van der Waals surface area (Å²) in [7, 11) is 2.01. The number of hydrogen-bond donors (Lipinski definition) is 2. The average Bonchev–Trinajstić information content (AvgIpc) is 3.43. The molecule has 0 aliphatic carbocycles. The highest BCUT2D eigenvalue weighted by Gasteiger charge is 2.24. The van der Waals surface area contributed by atoms with E-state index >= 15 is 0 Å². The number of nitrogens with one attached hydrogen (secondary N) is 1. The Morgan fingerprint density at radius 2 is 2.21 bits per heavy atom. The maximum absolute atomic E-state index is 10.8. The maximum Gasteiger partial charge on any atom is 0.183 e. The number of pyridine rings is 1. The monoisotopic (exact) mass is 389 g/mol. The van der Waals surface area contributed by atoms with Gasteiger partial charge in [-0.2, -0.15) is 0 Å². The molecule has 7 heteroatoms. The number of likely N-dealkylation sites (tertiary alicyclic amines) is 1. The number of azo groups is 1. The first-order chi connectivity index (χ1) is 14.1. The fourth-order valence-electron chi connectivity index (χ4n) is 4.11. The predicted octanol–water partition coefficient (Wildman–Crippen LogP) is 4.23. The Balaban J connectivity index is 1.54. The number of likely N-dealkylation sites (N-methyl/N-ethyl adjacent to an activating group) is 1. The van der Waals surface area contributed by atoms with Crippen LogP contribution >= 0.6 is 0 Å². The van der Waals surface area contributed by atoms with Crippen molar-refractivity contribution in [1.82, 2.24) is 15.2 Å². The normalized spacial score (nSPS) is 20.2. The lowest BCUT2D eigenvalue weighted by Gasteiger charge is -2.17. The Bertz CT molecular complexity index is 1150. The summed E-state index contributed by atoms with van der Waals surface area (Å²) in [5.41, 5.74) is 4.49. The molecule has 0 bridgehead atoms. The van der Waals surface area contributed by atoms with Crippen molar-refractivity contribution in [1.29, 1.82) is 0 Å². The smallest absolute Gasteiger partial charge is 0.183 e. The summed E-state index contributed by atoms with van der Waals surface area (Å²) >= 11 is 0. The number of nitrogens with zero attached hydrogens (tertiary/aromatic N) is 4. The number of fused-ring (bicyclic) bond motifs is 2. The van der Waals surface area contributed by atoms with Gasteiger partial charge in [0.15, 0.2) is 17.3 Å². The molecule has 1 fully saturated rings. The van der Waals surface area contributed by atoms with Gasteiger partial charge >= 0.3 is 0 Å². The summed E-state index contributed by atoms with van der Waals surface area (Å²) in [5, 5.41) is 23.2. The Morgan fingerprint density at radius 3 is 3.03 bits per heavy atom. The van der Waals surface area contributed by atoms with Crippen molar-refractivity contribution in [2.75, 3.05) is 20.1 Å².